The van der Waals surface area contributed by atoms with E-state index in [0.717, 1.165) is 13.1 Å². The molecule has 0 radical (unpaired) electrons. The third kappa shape index (κ3) is 3.54. The van der Waals surface area contributed by atoms with Crippen molar-refractivity contribution in [1.29, 1.82) is 0 Å². The minimum atomic E-state index is 0.678. The van der Waals surface area contributed by atoms with Crippen LogP contribution in [0.3, 0.4) is 0 Å². The molecule has 0 spiro atoms. The van der Waals surface area contributed by atoms with Crippen LogP contribution in [-0.2, 0) is 13.6 Å². The van der Waals surface area contributed by atoms with E-state index in [-0.39, 0.29) is 0 Å². The van der Waals surface area contributed by atoms with Gasteiger partial charge in [-0.15, -0.1) is 0 Å². The highest BCUT2D eigenvalue weighted by Gasteiger charge is 2.19. The van der Waals surface area contributed by atoms with Gasteiger partial charge in [-0.05, 0) is 38.4 Å². The number of hydrogen-bond donors (Lipinski definition) is 1. The molecule has 1 aromatic rings. The van der Waals surface area contributed by atoms with Crippen molar-refractivity contribution in [2.75, 3.05) is 19.6 Å². The molecule has 1 atom stereocenters. The number of hydrogen-bond acceptors (Lipinski definition) is 3. The van der Waals surface area contributed by atoms with Gasteiger partial charge in [0, 0.05) is 32.4 Å². The zero-order valence-corrected chi connectivity index (χ0v) is 11.0. The molecule has 2 rings (SSSR count). The average Bonchev–Trinajstić information content (AvgIpc) is 2.73. The summed E-state index contributed by atoms with van der Waals surface area (Å²) < 4.78 is 1.98. The van der Waals surface area contributed by atoms with Crippen molar-refractivity contribution < 1.29 is 0 Å². The van der Waals surface area contributed by atoms with Crippen molar-refractivity contribution in [3.63, 3.8) is 0 Å². The predicted molar refractivity (Wildman–Crippen MR) is 69.8 cm³/mol. The average molecular weight is 236 g/mol. The Morgan fingerprint density at radius 3 is 3.12 bits per heavy atom. The van der Waals surface area contributed by atoms with Crippen molar-refractivity contribution in [1.82, 2.24) is 20.0 Å². The van der Waals surface area contributed by atoms with Crippen LogP contribution < -0.4 is 5.32 Å². The van der Waals surface area contributed by atoms with Gasteiger partial charge in [0.1, 0.15) is 0 Å². The summed E-state index contributed by atoms with van der Waals surface area (Å²) in [5.74, 6) is 0. The number of nitrogens with zero attached hydrogens (tertiary/aromatic N) is 3. The first-order chi connectivity index (χ1) is 8.29. The SMILES string of the molecule is CCCNC1CCCN(Cc2ccnn2C)C1. The van der Waals surface area contributed by atoms with E-state index in [9.17, 15) is 0 Å². The van der Waals surface area contributed by atoms with Crippen LogP contribution in [0.2, 0.25) is 0 Å². The standard InChI is InChI=1S/C13H24N4/c1-3-7-14-12-5-4-9-17(10-12)11-13-6-8-15-16(13)2/h6,8,12,14H,3-5,7,9-11H2,1-2H3. The molecule has 1 aromatic heterocycles. The van der Waals surface area contributed by atoms with Crippen LogP contribution >= 0.6 is 0 Å². The van der Waals surface area contributed by atoms with Crippen molar-refractivity contribution in [2.45, 2.75) is 38.8 Å². The Bertz CT molecular complexity index is 334. The predicted octanol–water partition coefficient (Wildman–Crippen LogP) is 1.38. The maximum atomic E-state index is 4.23. The van der Waals surface area contributed by atoms with E-state index in [1.54, 1.807) is 0 Å². The number of aryl methyl sites for hydroxylation is 1. The van der Waals surface area contributed by atoms with Crippen LogP contribution in [0.15, 0.2) is 12.3 Å². The number of aromatic nitrogens is 2. The molecule has 1 N–H and O–H groups in total. The molecule has 96 valence electrons. The van der Waals surface area contributed by atoms with Gasteiger partial charge in [-0.2, -0.15) is 5.10 Å². The van der Waals surface area contributed by atoms with Crippen molar-refractivity contribution in [3.8, 4) is 0 Å². The summed E-state index contributed by atoms with van der Waals surface area (Å²) in [6.45, 7) is 6.79. The molecule has 0 saturated carbocycles. The van der Waals surface area contributed by atoms with Gasteiger partial charge in [0.2, 0.25) is 0 Å². The second-order valence-electron chi connectivity index (χ2n) is 4.97. The Balaban J connectivity index is 1.83. The van der Waals surface area contributed by atoms with E-state index >= 15 is 0 Å². The third-order valence-corrected chi connectivity index (χ3v) is 3.50. The third-order valence-electron chi connectivity index (χ3n) is 3.50. The fraction of sp³-hybridized carbons (Fsp3) is 0.769. The number of likely N-dealkylation sites (tertiary alicyclic amines) is 1. The first kappa shape index (κ1) is 12.6. The van der Waals surface area contributed by atoms with E-state index in [1.165, 1.54) is 38.0 Å². The van der Waals surface area contributed by atoms with E-state index in [2.05, 4.69) is 28.3 Å². The Labute approximate surface area is 104 Å². The van der Waals surface area contributed by atoms with Gasteiger partial charge in [0.15, 0.2) is 0 Å². The van der Waals surface area contributed by atoms with Gasteiger partial charge in [0.05, 0.1) is 5.69 Å². The first-order valence-corrected chi connectivity index (χ1v) is 6.72. The van der Waals surface area contributed by atoms with Crippen LogP contribution in [0, 0.1) is 0 Å². The monoisotopic (exact) mass is 236 g/mol. The molecule has 0 amide bonds. The fourth-order valence-corrected chi connectivity index (χ4v) is 2.50. The minimum absolute atomic E-state index is 0.678. The van der Waals surface area contributed by atoms with Crippen molar-refractivity contribution >= 4 is 0 Å². The summed E-state index contributed by atoms with van der Waals surface area (Å²) in [5.41, 5.74) is 1.31. The van der Waals surface area contributed by atoms with Gasteiger partial charge in [-0.3, -0.25) is 9.58 Å². The Morgan fingerprint density at radius 2 is 2.41 bits per heavy atom. The van der Waals surface area contributed by atoms with Crippen LogP contribution in [0.1, 0.15) is 31.9 Å². The topological polar surface area (TPSA) is 33.1 Å². The molecule has 1 aliphatic rings. The highest BCUT2D eigenvalue weighted by atomic mass is 15.3. The summed E-state index contributed by atoms with van der Waals surface area (Å²) in [6.07, 6.45) is 5.73. The lowest BCUT2D eigenvalue weighted by Gasteiger charge is -2.33. The molecule has 0 bridgehead atoms. The molecular formula is C13H24N4. The maximum absolute atomic E-state index is 4.23. The zero-order chi connectivity index (χ0) is 12.1. The van der Waals surface area contributed by atoms with Gasteiger partial charge < -0.3 is 5.32 Å². The lowest BCUT2D eigenvalue weighted by atomic mass is 10.1. The van der Waals surface area contributed by atoms with Gasteiger partial charge in [-0.1, -0.05) is 6.92 Å². The van der Waals surface area contributed by atoms with E-state index in [1.807, 2.05) is 17.9 Å². The van der Waals surface area contributed by atoms with E-state index in [4.69, 9.17) is 0 Å². The lowest BCUT2D eigenvalue weighted by Crippen LogP contribution is -2.45. The molecule has 17 heavy (non-hydrogen) atoms. The van der Waals surface area contributed by atoms with Gasteiger partial charge in [0.25, 0.3) is 0 Å². The fourth-order valence-electron chi connectivity index (χ4n) is 2.50. The molecule has 0 aromatic carbocycles. The second kappa shape index (κ2) is 6.17. The molecule has 2 heterocycles. The lowest BCUT2D eigenvalue weighted by molar-refractivity contribution is 0.180. The number of nitrogens with one attached hydrogen (secondary N) is 1. The molecule has 4 nitrogen and oxygen atoms in total. The molecule has 1 fully saturated rings. The summed E-state index contributed by atoms with van der Waals surface area (Å²) in [7, 11) is 2.02. The smallest absolute Gasteiger partial charge is 0.0521 e. The quantitative estimate of drug-likeness (QED) is 0.838. The summed E-state index contributed by atoms with van der Waals surface area (Å²) in [6, 6.07) is 2.79. The molecule has 1 aliphatic heterocycles. The largest absolute Gasteiger partial charge is 0.313 e. The summed E-state index contributed by atoms with van der Waals surface area (Å²) in [5, 5.41) is 7.86. The molecule has 0 aliphatic carbocycles. The normalized spacial score (nSPS) is 21.9. The van der Waals surface area contributed by atoms with Gasteiger partial charge >= 0.3 is 0 Å². The molecule has 1 saturated heterocycles. The molecular weight excluding hydrogens is 212 g/mol. The maximum Gasteiger partial charge on any atom is 0.0521 e. The van der Waals surface area contributed by atoms with Crippen LogP contribution in [0.4, 0.5) is 0 Å². The van der Waals surface area contributed by atoms with Crippen LogP contribution in [-0.4, -0.2) is 40.4 Å². The Kier molecular flexibility index (Phi) is 4.57. The Morgan fingerprint density at radius 1 is 1.53 bits per heavy atom. The number of piperidine rings is 1. The first-order valence-electron chi connectivity index (χ1n) is 6.72. The summed E-state index contributed by atoms with van der Waals surface area (Å²) in [4.78, 5) is 2.54. The highest BCUT2D eigenvalue weighted by Crippen LogP contribution is 2.13. The number of rotatable bonds is 5. The van der Waals surface area contributed by atoms with Crippen molar-refractivity contribution in [2.24, 2.45) is 7.05 Å². The van der Waals surface area contributed by atoms with Crippen LogP contribution in [0.25, 0.3) is 0 Å². The highest BCUT2D eigenvalue weighted by molar-refractivity contribution is 5.00. The zero-order valence-electron chi connectivity index (χ0n) is 11.0. The van der Waals surface area contributed by atoms with E-state index < -0.39 is 0 Å². The van der Waals surface area contributed by atoms with E-state index in [0.29, 0.717) is 6.04 Å². The Hall–Kier alpha value is -0.870. The minimum Gasteiger partial charge on any atom is -0.313 e. The molecule has 1 unspecified atom stereocenters. The second-order valence-corrected chi connectivity index (χ2v) is 4.97. The van der Waals surface area contributed by atoms with Crippen LogP contribution in [0.5, 0.6) is 0 Å². The summed E-state index contributed by atoms with van der Waals surface area (Å²) >= 11 is 0. The van der Waals surface area contributed by atoms with Gasteiger partial charge in [-0.25, -0.2) is 0 Å². The molecule has 4 heteroatoms. The van der Waals surface area contributed by atoms with Crippen molar-refractivity contribution in [3.05, 3.63) is 18.0 Å².